The zero-order valence-electron chi connectivity index (χ0n) is 12.3. The van der Waals surface area contributed by atoms with Crippen molar-refractivity contribution in [3.8, 4) is 0 Å². The highest BCUT2D eigenvalue weighted by Crippen LogP contribution is 2.23. The Hall–Kier alpha value is -2.12. The first-order valence-electron chi connectivity index (χ1n) is 6.54. The summed E-state index contributed by atoms with van der Waals surface area (Å²) in [7, 11) is 0. The van der Waals surface area contributed by atoms with Crippen LogP contribution in [-0.2, 0) is 23.9 Å². The lowest BCUT2D eigenvalue weighted by atomic mass is 10.1. The standard InChI is InChI=1S/C13H20N2O6/c1-13(2,3)21-12(20)8(5-10(17)18)15-6-7(11(14)19)4-9(15)16/h7-8H,4-6H2,1-3H3,(H2,14,19)(H,17,18)/t7?,8-/m0/s1. The summed E-state index contributed by atoms with van der Waals surface area (Å²) in [6.45, 7) is 4.85. The van der Waals surface area contributed by atoms with Crippen molar-refractivity contribution < 1.29 is 29.0 Å². The number of amides is 2. The van der Waals surface area contributed by atoms with E-state index < -0.39 is 47.7 Å². The SMILES string of the molecule is CC(C)(C)OC(=O)[C@H](CC(=O)O)N1CC(C(N)=O)CC1=O. The van der Waals surface area contributed by atoms with Crippen molar-refractivity contribution in [2.45, 2.75) is 45.3 Å². The number of rotatable bonds is 5. The van der Waals surface area contributed by atoms with Crippen LogP contribution in [0.25, 0.3) is 0 Å². The first-order valence-corrected chi connectivity index (χ1v) is 6.54. The number of hydrogen-bond donors (Lipinski definition) is 2. The van der Waals surface area contributed by atoms with Crippen LogP contribution in [0.3, 0.4) is 0 Å². The van der Waals surface area contributed by atoms with Gasteiger partial charge in [-0.3, -0.25) is 14.4 Å². The molecule has 2 atom stereocenters. The quantitative estimate of drug-likeness (QED) is 0.659. The van der Waals surface area contributed by atoms with Crippen molar-refractivity contribution in [1.29, 1.82) is 0 Å². The summed E-state index contributed by atoms with van der Waals surface area (Å²) in [6.07, 6.45) is -0.694. The molecule has 1 fully saturated rings. The number of aliphatic carboxylic acids is 1. The summed E-state index contributed by atoms with van der Waals surface area (Å²) in [4.78, 5) is 47.1. The van der Waals surface area contributed by atoms with E-state index in [0.29, 0.717) is 0 Å². The molecule has 1 rings (SSSR count). The van der Waals surface area contributed by atoms with E-state index in [1.54, 1.807) is 20.8 Å². The lowest BCUT2D eigenvalue weighted by Crippen LogP contribution is -2.46. The smallest absolute Gasteiger partial charge is 0.329 e. The Balaban J connectivity index is 2.92. The monoisotopic (exact) mass is 300 g/mol. The molecule has 0 bridgehead atoms. The molecule has 1 saturated heterocycles. The van der Waals surface area contributed by atoms with Gasteiger partial charge in [-0.15, -0.1) is 0 Å². The molecule has 0 aromatic carbocycles. The molecule has 0 aromatic rings. The number of carboxylic acid groups (broad SMARTS) is 1. The highest BCUT2D eigenvalue weighted by molar-refractivity contribution is 5.92. The van der Waals surface area contributed by atoms with Gasteiger partial charge in [0, 0.05) is 13.0 Å². The van der Waals surface area contributed by atoms with Crippen molar-refractivity contribution in [2.75, 3.05) is 6.54 Å². The van der Waals surface area contributed by atoms with Gasteiger partial charge in [-0.05, 0) is 20.8 Å². The van der Waals surface area contributed by atoms with E-state index in [-0.39, 0.29) is 13.0 Å². The first-order chi connectivity index (χ1) is 9.51. The molecule has 1 aliphatic heterocycles. The Morgan fingerprint density at radius 2 is 2.00 bits per heavy atom. The fourth-order valence-electron chi connectivity index (χ4n) is 2.08. The van der Waals surface area contributed by atoms with Crippen molar-refractivity contribution in [1.82, 2.24) is 4.90 Å². The zero-order valence-corrected chi connectivity index (χ0v) is 12.3. The number of carbonyl (C=O) groups excluding carboxylic acids is 3. The average Bonchev–Trinajstić information content (AvgIpc) is 2.65. The van der Waals surface area contributed by atoms with Crippen LogP contribution in [0, 0.1) is 5.92 Å². The van der Waals surface area contributed by atoms with E-state index in [4.69, 9.17) is 15.6 Å². The van der Waals surface area contributed by atoms with Crippen LogP contribution in [-0.4, -0.2) is 51.9 Å². The highest BCUT2D eigenvalue weighted by Gasteiger charge is 2.42. The van der Waals surface area contributed by atoms with Gasteiger partial charge in [-0.25, -0.2) is 4.79 Å². The van der Waals surface area contributed by atoms with E-state index in [1.807, 2.05) is 0 Å². The van der Waals surface area contributed by atoms with Gasteiger partial charge in [0.05, 0.1) is 12.3 Å². The van der Waals surface area contributed by atoms with Crippen LogP contribution in [0.5, 0.6) is 0 Å². The second kappa shape index (κ2) is 6.11. The Kier molecular flexibility index (Phi) is 4.93. The van der Waals surface area contributed by atoms with E-state index >= 15 is 0 Å². The van der Waals surface area contributed by atoms with Gasteiger partial charge < -0.3 is 20.5 Å². The number of likely N-dealkylation sites (tertiary alicyclic amines) is 1. The number of carboxylic acids is 1. The molecular weight excluding hydrogens is 280 g/mol. The summed E-state index contributed by atoms with van der Waals surface area (Å²) in [6, 6.07) is -1.25. The van der Waals surface area contributed by atoms with Crippen LogP contribution in [0.1, 0.15) is 33.6 Å². The summed E-state index contributed by atoms with van der Waals surface area (Å²) in [5.74, 6) is -3.87. The Labute approximate surface area is 122 Å². The van der Waals surface area contributed by atoms with Crippen molar-refractivity contribution in [2.24, 2.45) is 11.7 Å². The molecule has 0 spiro atoms. The number of ether oxygens (including phenoxy) is 1. The topological polar surface area (TPSA) is 127 Å². The molecule has 8 nitrogen and oxygen atoms in total. The van der Waals surface area contributed by atoms with Gasteiger partial charge in [0.25, 0.3) is 0 Å². The van der Waals surface area contributed by atoms with E-state index in [2.05, 4.69) is 0 Å². The number of esters is 1. The molecule has 3 N–H and O–H groups in total. The minimum atomic E-state index is -1.25. The highest BCUT2D eigenvalue weighted by atomic mass is 16.6. The normalized spacial score (nSPS) is 20.2. The van der Waals surface area contributed by atoms with Crippen molar-refractivity contribution in [3.05, 3.63) is 0 Å². The zero-order chi connectivity index (χ0) is 16.4. The van der Waals surface area contributed by atoms with Crippen molar-refractivity contribution >= 4 is 23.8 Å². The van der Waals surface area contributed by atoms with Crippen LogP contribution in [0.2, 0.25) is 0 Å². The van der Waals surface area contributed by atoms with Gasteiger partial charge in [-0.1, -0.05) is 0 Å². The number of carbonyl (C=O) groups is 4. The molecule has 118 valence electrons. The maximum atomic E-state index is 12.1. The fraction of sp³-hybridized carbons (Fsp3) is 0.692. The molecule has 21 heavy (non-hydrogen) atoms. The molecule has 0 aromatic heterocycles. The number of primary amides is 1. The van der Waals surface area contributed by atoms with E-state index in [1.165, 1.54) is 0 Å². The Morgan fingerprint density at radius 1 is 1.43 bits per heavy atom. The fourth-order valence-corrected chi connectivity index (χ4v) is 2.08. The Bertz CT molecular complexity index is 468. The summed E-state index contributed by atoms with van der Waals surface area (Å²) >= 11 is 0. The third kappa shape index (κ3) is 4.73. The van der Waals surface area contributed by atoms with E-state index in [0.717, 1.165) is 4.90 Å². The van der Waals surface area contributed by atoms with Crippen LogP contribution < -0.4 is 5.73 Å². The third-order valence-corrected chi connectivity index (χ3v) is 2.98. The lowest BCUT2D eigenvalue weighted by molar-refractivity contribution is -0.166. The van der Waals surface area contributed by atoms with Gasteiger partial charge in [0.1, 0.15) is 11.6 Å². The van der Waals surface area contributed by atoms with Crippen LogP contribution in [0.4, 0.5) is 0 Å². The van der Waals surface area contributed by atoms with Gasteiger partial charge >= 0.3 is 11.9 Å². The predicted octanol–water partition coefficient (Wildman–Crippen LogP) is -0.495. The average molecular weight is 300 g/mol. The van der Waals surface area contributed by atoms with Gasteiger partial charge in [-0.2, -0.15) is 0 Å². The third-order valence-electron chi connectivity index (χ3n) is 2.98. The second-order valence-corrected chi connectivity index (χ2v) is 6.00. The van der Waals surface area contributed by atoms with Crippen LogP contribution in [0.15, 0.2) is 0 Å². The largest absolute Gasteiger partial charge is 0.481 e. The molecule has 0 aliphatic carbocycles. The molecule has 1 heterocycles. The molecule has 2 amide bonds. The second-order valence-electron chi connectivity index (χ2n) is 6.00. The molecule has 0 saturated carbocycles. The number of hydrogen-bond acceptors (Lipinski definition) is 5. The minimum absolute atomic E-state index is 0.0641. The van der Waals surface area contributed by atoms with Crippen LogP contribution >= 0.6 is 0 Å². The Morgan fingerprint density at radius 3 is 2.38 bits per heavy atom. The van der Waals surface area contributed by atoms with Gasteiger partial charge in [0.15, 0.2) is 0 Å². The maximum absolute atomic E-state index is 12.1. The summed E-state index contributed by atoms with van der Waals surface area (Å²) < 4.78 is 5.14. The maximum Gasteiger partial charge on any atom is 0.329 e. The van der Waals surface area contributed by atoms with Gasteiger partial charge in [0.2, 0.25) is 11.8 Å². The lowest BCUT2D eigenvalue weighted by Gasteiger charge is -2.29. The van der Waals surface area contributed by atoms with Crippen molar-refractivity contribution in [3.63, 3.8) is 0 Å². The number of nitrogens with two attached hydrogens (primary N) is 1. The molecule has 0 radical (unpaired) electrons. The van der Waals surface area contributed by atoms with E-state index in [9.17, 15) is 19.2 Å². The first kappa shape index (κ1) is 16.9. The molecule has 8 heteroatoms. The molecule has 1 unspecified atom stereocenters. The molecular formula is C13H20N2O6. The summed E-state index contributed by atoms with van der Waals surface area (Å²) in [5, 5.41) is 8.92. The summed E-state index contributed by atoms with van der Waals surface area (Å²) in [5.41, 5.74) is 4.35. The number of nitrogens with zero attached hydrogens (tertiary/aromatic N) is 1. The minimum Gasteiger partial charge on any atom is -0.481 e. The predicted molar refractivity (Wildman–Crippen MR) is 70.9 cm³/mol. The molecule has 1 aliphatic rings.